The van der Waals surface area contributed by atoms with Gasteiger partial charge in [-0.05, 0) is 46.7 Å². The van der Waals surface area contributed by atoms with Crippen LogP contribution in [0, 0.1) is 5.41 Å². The van der Waals surface area contributed by atoms with Gasteiger partial charge in [-0.3, -0.25) is 4.79 Å². The van der Waals surface area contributed by atoms with Gasteiger partial charge in [0.25, 0.3) is 0 Å². The minimum absolute atomic E-state index is 0.00461. The van der Waals surface area contributed by atoms with Crippen LogP contribution in [0.15, 0.2) is 0 Å². The summed E-state index contributed by atoms with van der Waals surface area (Å²) in [5.41, 5.74) is -0.806. The summed E-state index contributed by atoms with van der Waals surface area (Å²) >= 11 is 0. The summed E-state index contributed by atoms with van der Waals surface area (Å²) in [6, 6.07) is 0.174. The molecule has 120 valence electrons. The van der Waals surface area contributed by atoms with Crippen LogP contribution in [-0.2, 0) is 4.79 Å². The van der Waals surface area contributed by atoms with E-state index in [1.807, 2.05) is 4.90 Å². The lowest BCUT2D eigenvalue weighted by Crippen LogP contribution is -2.55. The first-order valence-electron chi connectivity index (χ1n) is 7.81. The van der Waals surface area contributed by atoms with Crippen molar-refractivity contribution in [1.82, 2.24) is 14.7 Å². The first-order valence-corrected chi connectivity index (χ1v) is 7.81. The highest BCUT2D eigenvalue weighted by atomic mass is 16.4. The molecule has 2 aliphatic heterocycles. The maximum Gasteiger partial charge on any atom is 0.320 e. The van der Waals surface area contributed by atoms with Crippen LogP contribution in [-0.4, -0.2) is 77.6 Å². The fourth-order valence-corrected chi connectivity index (χ4v) is 3.42. The molecule has 0 aromatic rings. The van der Waals surface area contributed by atoms with Gasteiger partial charge in [-0.15, -0.1) is 0 Å². The fourth-order valence-electron chi connectivity index (χ4n) is 3.42. The summed E-state index contributed by atoms with van der Waals surface area (Å²) in [5.74, 6) is -0.802. The van der Waals surface area contributed by atoms with Crippen molar-refractivity contribution in [2.24, 2.45) is 5.41 Å². The van der Waals surface area contributed by atoms with Gasteiger partial charge in [-0.25, -0.2) is 4.79 Å². The standard InChI is InChI=1S/C15H27N3O3/c1-12-10-16(3)7-5-9-18(12)14(21)17-8-4-6-15(2,11-17)13(19)20/h12H,4-11H2,1-3H3,(H,19,20). The Hall–Kier alpha value is -1.30. The maximum atomic E-state index is 12.8. The summed E-state index contributed by atoms with van der Waals surface area (Å²) in [4.78, 5) is 30.1. The van der Waals surface area contributed by atoms with Gasteiger partial charge in [-0.2, -0.15) is 0 Å². The molecule has 2 aliphatic rings. The van der Waals surface area contributed by atoms with Gasteiger partial charge in [0.2, 0.25) is 0 Å². The van der Waals surface area contributed by atoms with Crippen molar-refractivity contribution in [2.45, 2.75) is 39.2 Å². The molecule has 6 heteroatoms. The van der Waals surface area contributed by atoms with Gasteiger partial charge in [0.1, 0.15) is 0 Å². The average Bonchev–Trinajstić information content (AvgIpc) is 2.58. The molecule has 0 aromatic carbocycles. The van der Waals surface area contributed by atoms with Crippen LogP contribution in [0.3, 0.4) is 0 Å². The Kier molecular flexibility index (Phi) is 4.76. The third kappa shape index (κ3) is 3.48. The van der Waals surface area contributed by atoms with Gasteiger partial charge in [-0.1, -0.05) is 0 Å². The molecule has 0 spiro atoms. The van der Waals surface area contributed by atoms with Gasteiger partial charge in [0.05, 0.1) is 5.41 Å². The van der Waals surface area contributed by atoms with E-state index in [2.05, 4.69) is 18.9 Å². The predicted molar refractivity (Wildman–Crippen MR) is 80.2 cm³/mol. The number of amides is 2. The third-order valence-electron chi connectivity index (χ3n) is 4.78. The molecule has 0 bridgehead atoms. The van der Waals surface area contributed by atoms with E-state index in [9.17, 15) is 14.7 Å². The number of carbonyl (C=O) groups is 2. The van der Waals surface area contributed by atoms with E-state index in [1.165, 1.54) is 0 Å². The van der Waals surface area contributed by atoms with Gasteiger partial charge >= 0.3 is 12.0 Å². The summed E-state index contributed by atoms with van der Waals surface area (Å²) < 4.78 is 0. The Morgan fingerprint density at radius 1 is 1.19 bits per heavy atom. The zero-order valence-corrected chi connectivity index (χ0v) is 13.3. The third-order valence-corrected chi connectivity index (χ3v) is 4.78. The van der Waals surface area contributed by atoms with Crippen molar-refractivity contribution < 1.29 is 14.7 Å². The van der Waals surface area contributed by atoms with Crippen LogP contribution >= 0.6 is 0 Å². The van der Waals surface area contributed by atoms with E-state index in [-0.39, 0.29) is 12.1 Å². The lowest BCUT2D eigenvalue weighted by atomic mass is 9.82. The van der Waals surface area contributed by atoms with Crippen LogP contribution in [0.4, 0.5) is 4.79 Å². The van der Waals surface area contributed by atoms with Crippen molar-refractivity contribution in [3.63, 3.8) is 0 Å². The molecule has 0 aliphatic carbocycles. The van der Waals surface area contributed by atoms with E-state index in [1.54, 1.807) is 11.8 Å². The minimum Gasteiger partial charge on any atom is -0.481 e. The number of carbonyl (C=O) groups excluding carboxylic acids is 1. The number of likely N-dealkylation sites (N-methyl/N-ethyl adjacent to an activating group) is 1. The van der Waals surface area contributed by atoms with E-state index >= 15 is 0 Å². The predicted octanol–water partition coefficient (Wildman–Crippen LogP) is 1.32. The van der Waals surface area contributed by atoms with Crippen molar-refractivity contribution in [3.05, 3.63) is 0 Å². The summed E-state index contributed by atoms with van der Waals surface area (Å²) in [6.45, 7) is 7.43. The molecule has 21 heavy (non-hydrogen) atoms. The number of likely N-dealkylation sites (tertiary alicyclic amines) is 1. The van der Waals surface area contributed by atoms with Crippen LogP contribution in [0.1, 0.15) is 33.1 Å². The topological polar surface area (TPSA) is 64.1 Å². The van der Waals surface area contributed by atoms with Crippen LogP contribution < -0.4 is 0 Å². The smallest absolute Gasteiger partial charge is 0.320 e. The number of piperidine rings is 1. The second-order valence-electron chi connectivity index (χ2n) is 6.83. The van der Waals surface area contributed by atoms with Crippen molar-refractivity contribution >= 4 is 12.0 Å². The molecule has 0 saturated carbocycles. The van der Waals surface area contributed by atoms with E-state index in [0.717, 1.165) is 32.5 Å². The van der Waals surface area contributed by atoms with Crippen molar-refractivity contribution in [1.29, 1.82) is 0 Å². The monoisotopic (exact) mass is 297 g/mol. The lowest BCUT2D eigenvalue weighted by molar-refractivity contribution is -0.150. The molecule has 0 aromatic heterocycles. The summed E-state index contributed by atoms with van der Waals surface area (Å²) in [5, 5.41) is 9.38. The first-order chi connectivity index (χ1) is 9.83. The van der Waals surface area contributed by atoms with Crippen LogP contribution in [0.5, 0.6) is 0 Å². The summed E-state index contributed by atoms with van der Waals surface area (Å²) in [7, 11) is 2.08. The Labute approximate surface area is 126 Å². The van der Waals surface area contributed by atoms with Crippen LogP contribution in [0.2, 0.25) is 0 Å². The zero-order chi connectivity index (χ0) is 15.6. The molecule has 6 nitrogen and oxygen atoms in total. The molecule has 2 amide bonds. The molecule has 2 fully saturated rings. The van der Waals surface area contributed by atoms with Gasteiger partial charge in [0.15, 0.2) is 0 Å². The minimum atomic E-state index is -0.806. The fraction of sp³-hybridized carbons (Fsp3) is 0.867. The normalized spacial score (nSPS) is 31.9. The molecule has 2 atom stereocenters. The Morgan fingerprint density at radius 2 is 1.90 bits per heavy atom. The van der Waals surface area contributed by atoms with E-state index in [0.29, 0.717) is 19.5 Å². The Bertz CT molecular complexity index is 415. The number of carboxylic acids is 1. The molecule has 2 unspecified atom stereocenters. The van der Waals surface area contributed by atoms with Gasteiger partial charge < -0.3 is 19.8 Å². The van der Waals surface area contributed by atoms with E-state index in [4.69, 9.17) is 0 Å². The highest BCUT2D eigenvalue weighted by Crippen LogP contribution is 2.30. The highest BCUT2D eigenvalue weighted by molar-refractivity contribution is 5.78. The highest BCUT2D eigenvalue weighted by Gasteiger charge is 2.41. The molecule has 2 saturated heterocycles. The Morgan fingerprint density at radius 3 is 2.57 bits per heavy atom. The lowest BCUT2D eigenvalue weighted by Gasteiger charge is -2.41. The average molecular weight is 297 g/mol. The van der Waals surface area contributed by atoms with Crippen molar-refractivity contribution in [2.75, 3.05) is 39.8 Å². The molecule has 0 radical (unpaired) electrons. The number of urea groups is 1. The summed E-state index contributed by atoms with van der Waals surface area (Å²) in [6.07, 6.45) is 2.37. The number of hydrogen-bond donors (Lipinski definition) is 1. The second kappa shape index (κ2) is 6.22. The quantitative estimate of drug-likeness (QED) is 0.793. The molecular weight excluding hydrogens is 270 g/mol. The molecule has 2 rings (SSSR count). The van der Waals surface area contributed by atoms with Gasteiger partial charge in [0, 0.05) is 32.2 Å². The number of nitrogens with zero attached hydrogens (tertiary/aromatic N) is 3. The number of hydrogen-bond acceptors (Lipinski definition) is 3. The number of rotatable bonds is 1. The van der Waals surface area contributed by atoms with Crippen LogP contribution in [0.25, 0.3) is 0 Å². The zero-order valence-electron chi connectivity index (χ0n) is 13.3. The van der Waals surface area contributed by atoms with E-state index < -0.39 is 11.4 Å². The number of aliphatic carboxylic acids is 1. The first kappa shape index (κ1) is 16.1. The molecule has 1 N–H and O–H groups in total. The second-order valence-corrected chi connectivity index (χ2v) is 6.83. The molecule has 2 heterocycles. The molecular formula is C15H27N3O3. The largest absolute Gasteiger partial charge is 0.481 e. The Balaban J connectivity index is 2.06. The number of carboxylic acid groups (broad SMARTS) is 1. The SMILES string of the molecule is CC1CN(C)CCCN1C(=O)N1CCCC(C)(C(=O)O)C1. The maximum absolute atomic E-state index is 12.8. The van der Waals surface area contributed by atoms with Crippen molar-refractivity contribution in [3.8, 4) is 0 Å².